The quantitative estimate of drug-likeness (QED) is 0.751. The van der Waals surface area contributed by atoms with E-state index in [1.807, 2.05) is 0 Å². The molecule has 0 saturated heterocycles. The van der Waals surface area contributed by atoms with Crippen LogP contribution in [-0.2, 0) is 17.6 Å². The van der Waals surface area contributed by atoms with Gasteiger partial charge in [-0.2, -0.15) is 0 Å². The van der Waals surface area contributed by atoms with Crippen LogP contribution in [-0.4, -0.2) is 30.5 Å². The van der Waals surface area contributed by atoms with Crippen molar-refractivity contribution in [3.8, 4) is 0 Å². The van der Waals surface area contributed by atoms with Gasteiger partial charge in [-0.05, 0) is 86.8 Å². The minimum Gasteiger partial charge on any atom is -0.394 e. The molecule has 0 radical (unpaired) electrons. The van der Waals surface area contributed by atoms with Gasteiger partial charge in [-0.3, -0.25) is 0 Å². The summed E-state index contributed by atoms with van der Waals surface area (Å²) in [5, 5.41) is 9.48. The molecule has 24 heavy (non-hydrogen) atoms. The number of aliphatic hydroxyl groups excluding tert-OH is 1. The van der Waals surface area contributed by atoms with Crippen LogP contribution in [0.4, 0.5) is 0 Å². The van der Waals surface area contributed by atoms with Crippen molar-refractivity contribution in [2.45, 2.75) is 69.7 Å². The predicted octanol–water partition coefficient (Wildman–Crippen LogP) is 3.57. The second kappa shape index (κ2) is 7.99. The number of ether oxygens (including phenoxy) is 1. The SMILES string of the molecule is CCOCCC[C@H]1CCc2cc([C@H]3CC[C@](N)(CO)C3)ccc2C1. The summed E-state index contributed by atoms with van der Waals surface area (Å²) in [6.07, 6.45) is 9.19. The number of hydrogen-bond acceptors (Lipinski definition) is 3. The van der Waals surface area contributed by atoms with Crippen molar-refractivity contribution in [2.75, 3.05) is 19.8 Å². The molecule has 3 rings (SSSR count). The molecule has 3 N–H and O–H groups in total. The molecule has 1 aromatic carbocycles. The topological polar surface area (TPSA) is 55.5 Å². The normalized spacial score (nSPS) is 29.6. The van der Waals surface area contributed by atoms with Crippen LogP contribution in [0.25, 0.3) is 0 Å². The fourth-order valence-electron chi connectivity index (χ4n) is 4.55. The third-order valence-electron chi connectivity index (χ3n) is 6.10. The maximum absolute atomic E-state index is 9.48. The summed E-state index contributed by atoms with van der Waals surface area (Å²) in [5.41, 5.74) is 10.4. The van der Waals surface area contributed by atoms with Crippen molar-refractivity contribution in [3.63, 3.8) is 0 Å². The maximum Gasteiger partial charge on any atom is 0.0611 e. The molecule has 3 heteroatoms. The minimum absolute atomic E-state index is 0.109. The number of fused-ring (bicyclic) bond motifs is 1. The highest BCUT2D eigenvalue weighted by atomic mass is 16.5. The number of nitrogens with two attached hydrogens (primary N) is 1. The molecule has 134 valence electrons. The van der Waals surface area contributed by atoms with Crippen LogP contribution in [0.15, 0.2) is 18.2 Å². The molecular formula is C21H33NO2. The summed E-state index contributed by atoms with van der Waals surface area (Å²) >= 11 is 0. The molecule has 0 aromatic heterocycles. The molecular weight excluding hydrogens is 298 g/mol. The van der Waals surface area contributed by atoms with Gasteiger partial charge in [0.1, 0.15) is 0 Å². The second-order valence-electron chi connectivity index (χ2n) is 7.94. The van der Waals surface area contributed by atoms with Crippen LogP contribution in [0.5, 0.6) is 0 Å². The van der Waals surface area contributed by atoms with E-state index in [4.69, 9.17) is 10.5 Å². The molecule has 3 nitrogen and oxygen atoms in total. The zero-order valence-corrected chi connectivity index (χ0v) is 15.1. The van der Waals surface area contributed by atoms with Gasteiger partial charge in [0.25, 0.3) is 0 Å². The third kappa shape index (κ3) is 4.19. The van der Waals surface area contributed by atoms with Crippen molar-refractivity contribution in [1.29, 1.82) is 0 Å². The average Bonchev–Trinajstić information content (AvgIpc) is 3.01. The lowest BCUT2D eigenvalue weighted by Crippen LogP contribution is -2.40. The molecule has 3 atom stereocenters. The minimum atomic E-state index is -0.355. The van der Waals surface area contributed by atoms with E-state index in [-0.39, 0.29) is 12.1 Å². The molecule has 0 spiro atoms. The van der Waals surface area contributed by atoms with Crippen molar-refractivity contribution in [1.82, 2.24) is 0 Å². The van der Waals surface area contributed by atoms with Crippen molar-refractivity contribution in [3.05, 3.63) is 34.9 Å². The highest BCUT2D eigenvalue weighted by Crippen LogP contribution is 2.40. The Kier molecular flexibility index (Phi) is 5.96. The zero-order chi connectivity index (χ0) is 17.0. The van der Waals surface area contributed by atoms with Gasteiger partial charge in [0, 0.05) is 18.8 Å². The number of benzene rings is 1. The van der Waals surface area contributed by atoms with Gasteiger partial charge < -0.3 is 15.6 Å². The third-order valence-corrected chi connectivity index (χ3v) is 6.10. The molecule has 0 unspecified atom stereocenters. The van der Waals surface area contributed by atoms with Gasteiger partial charge >= 0.3 is 0 Å². The smallest absolute Gasteiger partial charge is 0.0611 e. The largest absolute Gasteiger partial charge is 0.394 e. The molecule has 0 aliphatic heterocycles. The van der Waals surface area contributed by atoms with Crippen LogP contribution >= 0.6 is 0 Å². The Hall–Kier alpha value is -0.900. The molecule has 1 saturated carbocycles. The maximum atomic E-state index is 9.48. The van der Waals surface area contributed by atoms with E-state index >= 15 is 0 Å². The molecule has 1 aromatic rings. The summed E-state index contributed by atoms with van der Waals surface area (Å²) in [4.78, 5) is 0. The Balaban J connectivity index is 1.58. The molecule has 0 bridgehead atoms. The molecule has 0 amide bonds. The Labute approximate surface area is 146 Å². The molecule has 1 fully saturated rings. The molecule has 2 aliphatic rings. The Morgan fingerprint density at radius 2 is 2.17 bits per heavy atom. The van der Waals surface area contributed by atoms with Crippen molar-refractivity contribution in [2.24, 2.45) is 11.7 Å². The first-order valence-corrected chi connectivity index (χ1v) is 9.73. The van der Waals surface area contributed by atoms with E-state index < -0.39 is 0 Å². The van der Waals surface area contributed by atoms with E-state index in [9.17, 15) is 5.11 Å². The molecule has 2 aliphatic carbocycles. The Bertz CT molecular complexity index is 545. The van der Waals surface area contributed by atoms with E-state index in [1.54, 1.807) is 11.1 Å². The monoisotopic (exact) mass is 331 g/mol. The highest BCUT2D eigenvalue weighted by molar-refractivity contribution is 5.36. The first kappa shape index (κ1) is 17.9. The van der Waals surface area contributed by atoms with Crippen LogP contribution in [0.1, 0.15) is 68.1 Å². The summed E-state index contributed by atoms with van der Waals surface area (Å²) in [6, 6.07) is 7.10. The summed E-state index contributed by atoms with van der Waals surface area (Å²) in [7, 11) is 0. The summed E-state index contributed by atoms with van der Waals surface area (Å²) in [5.74, 6) is 1.35. The first-order chi connectivity index (χ1) is 11.6. The van der Waals surface area contributed by atoms with E-state index in [0.29, 0.717) is 5.92 Å². The van der Waals surface area contributed by atoms with Gasteiger partial charge in [0.05, 0.1) is 6.61 Å². The van der Waals surface area contributed by atoms with Gasteiger partial charge in [-0.1, -0.05) is 18.2 Å². The lowest BCUT2D eigenvalue weighted by atomic mass is 9.80. The van der Waals surface area contributed by atoms with E-state index in [1.165, 1.54) is 37.7 Å². The Morgan fingerprint density at radius 1 is 1.29 bits per heavy atom. The summed E-state index contributed by atoms with van der Waals surface area (Å²) in [6.45, 7) is 3.91. The standard InChI is InChI=1S/C21H33NO2/c1-2-24-11-3-4-16-5-6-18-13-19(8-7-17(18)12-16)20-9-10-21(22,14-20)15-23/h7-8,13,16,20,23H,2-6,9-12,14-15,22H2,1H3/t16-,20-,21+/m0/s1. The van der Waals surface area contributed by atoms with Gasteiger partial charge in [0.2, 0.25) is 0 Å². The lowest BCUT2D eigenvalue weighted by molar-refractivity contribution is 0.138. The van der Waals surface area contributed by atoms with Crippen LogP contribution < -0.4 is 5.73 Å². The van der Waals surface area contributed by atoms with Crippen molar-refractivity contribution < 1.29 is 9.84 Å². The zero-order valence-electron chi connectivity index (χ0n) is 15.1. The first-order valence-electron chi connectivity index (χ1n) is 9.73. The van der Waals surface area contributed by atoms with Gasteiger partial charge in [-0.25, -0.2) is 0 Å². The van der Waals surface area contributed by atoms with E-state index in [2.05, 4.69) is 25.1 Å². The Morgan fingerprint density at radius 3 is 2.92 bits per heavy atom. The van der Waals surface area contributed by atoms with Crippen LogP contribution in [0, 0.1) is 5.92 Å². The number of aryl methyl sites for hydroxylation is 1. The van der Waals surface area contributed by atoms with E-state index in [0.717, 1.165) is 38.4 Å². The summed E-state index contributed by atoms with van der Waals surface area (Å²) < 4.78 is 5.46. The fourth-order valence-corrected chi connectivity index (χ4v) is 4.55. The predicted molar refractivity (Wildman–Crippen MR) is 98.3 cm³/mol. The van der Waals surface area contributed by atoms with Crippen LogP contribution in [0.2, 0.25) is 0 Å². The van der Waals surface area contributed by atoms with Crippen LogP contribution in [0.3, 0.4) is 0 Å². The lowest BCUT2D eigenvalue weighted by Gasteiger charge is -2.26. The van der Waals surface area contributed by atoms with Gasteiger partial charge in [-0.15, -0.1) is 0 Å². The fraction of sp³-hybridized carbons (Fsp3) is 0.714. The number of hydrogen-bond donors (Lipinski definition) is 2. The average molecular weight is 332 g/mol. The highest BCUT2D eigenvalue weighted by Gasteiger charge is 2.36. The second-order valence-corrected chi connectivity index (χ2v) is 7.94. The number of rotatable bonds is 7. The number of aliphatic hydroxyl groups is 1. The molecule has 0 heterocycles. The van der Waals surface area contributed by atoms with Crippen molar-refractivity contribution >= 4 is 0 Å². The van der Waals surface area contributed by atoms with Gasteiger partial charge in [0.15, 0.2) is 0 Å².